The normalized spacial score (nSPS) is 12.6. The molecule has 0 fully saturated rings. The van der Waals surface area contributed by atoms with Gasteiger partial charge in [-0.1, -0.05) is 0 Å². The van der Waals surface area contributed by atoms with Crippen LogP contribution >= 0.6 is 0 Å². The second kappa shape index (κ2) is 5.01. The van der Waals surface area contributed by atoms with Crippen LogP contribution in [-0.4, -0.2) is 29.1 Å². The summed E-state index contributed by atoms with van der Waals surface area (Å²) in [5.41, 5.74) is 5.97. The average molecular weight is 222 g/mol. The molecule has 6 heteroatoms. The molecular weight excluding hydrogens is 208 g/mol. The lowest BCUT2D eigenvalue weighted by atomic mass is 10.3. The molecule has 0 heterocycles. The monoisotopic (exact) mass is 222 g/mol. The number of phenolic OH excluding ortho intramolecular Hbond substituents is 2. The molecule has 1 aromatic rings. The highest BCUT2D eigenvalue weighted by molar-refractivity contribution is 6.01. The molecule has 6 nitrogen and oxygen atoms in total. The number of hydrogen-bond donors (Lipinski definition) is 4. The van der Waals surface area contributed by atoms with E-state index in [2.05, 4.69) is 15.3 Å². The van der Waals surface area contributed by atoms with Crippen molar-refractivity contribution in [1.82, 2.24) is 0 Å². The van der Waals surface area contributed by atoms with E-state index in [0.29, 0.717) is 17.5 Å². The maximum atomic E-state index is 9.28. The minimum absolute atomic E-state index is 0.181. The van der Waals surface area contributed by atoms with Crippen molar-refractivity contribution in [3.05, 3.63) is 18.2 Å². The third-order valence-corrected chi connectivity index (χ3v) is 1.73. The Morgan fingerprint density at radius 3 is 2.50 bits per heavy atom. The second-order valence-corrected chi connectivity index (χ2v) is 3.13. The molecule has 0 aromatic heterocycles. The number of anilines is 1. The van der Waals surface area contributed by atoms with E-state index in [-0.39, 0.29) is 11.5 Å². The zero-order valence-electron chi connectivity index (χ0n) is 9.10. The third kappa shape index (κ3) is 3.16. The summed E-state index contributed by atoms with van der Waals surface area (Å²) in [6.45, 7) is 1.64. The van der Waals surface area contributed by atoms with Gasteiger partial charge >= 0.3 is 0 Å². The van der Waals surface area contributed by atoms with Gasteiger partial charge in [-0.3, -0.25) is 4.99 Å². The van der Waals surface area contributed by atoms with Crippen LogP contribution in [0.15, 0.2) is 28.2 Å². The van der Waals surface area contributed by atoms with Gasteiger partial charge in [-0.15, -0.1) is 0 Å². The fourth-order valence-corrected chi connectivity index (χ4v) is 1.03. The Kier molecular flexibility index (Phi) is 3.71. The van der Waals surface area contributed by atoms with Crippen LogP contribution in [-0.2, 0) is 0 Å². The molecule has 5 N–H and O–H groups in total. The smallest absolute Gasteiger partial charge is 0.223 e. The van der Waals surface area contributed by atoms with Crippen LogP contribution in [0.2, 0.25) is 0 Å². The lowest BCUT2D eigenvalue weighted by Gasteiger charge is -2.06. The van der Waals surface area contributed by atoms with Gasteiger partial charge in [0.15, 0.2) is 11.5 Å². The van der Waals surface area contributed by atoms with Crippen molar-refractivity contribution in [2.24, 2.45) is 15.7 Å². The molecule has 0 radical (unpaired) electrons. The molecule has 0 aliphatic carbocycles. The Bertz CT molecular complexity index is 436. The maximum absolute atomic E-state index is 9.28. The first kappa shape index (κ1) is 11.8. The molecule has 0 aliphatic rings. The molecule has 0 saturated carbocycles. The summed E-state index contributed by atoms with van der Waals surface area (Å²) in [6.07, 6.45) is 0. The van der Waals surface area contributed by atoms with Gasteiger partial charge < -0.3 is 21.3 Å². The van der Waals surface area contributed by atoms with E-state index < -0.39 is 0 Å². The quantitative estimate of drug-likeness (QED) is 0.245. The van der Waals surface area contributed by atoms with Crippen molar-refractivity contribution in [2.75, 3.05) is 12.4 Å². The predicted molar refractivity (Wildman–Crippen MR) is 64.0 cm³/mol. The number of amidine groups is 1. The highest BCUT2D eigenvalue weighted by Gasteiger charge is 2.02. The van der Waals surface area contributed by atoms with Crippen molar-refractivity contribution in [1.29, 1.82) is 0 Å². The zero-order valence-corrected chi connectivity index (χ0v) is 9.10. The second-order valence-electron chi connectivity index (χ2n) is 3.13. The van der Waals surface area contributed by atoms with E-state index in [4.69, 9.17) is 10.8 Å². The molecular formula is C10H14N4O2. The van der Waals surface area contributed by atoms with Gasteiger partial charge in [0.05, 0.1) is 5.84 Å². The summed E-state index contributed by atoms with van der Waals surface area (Å²) in [5.74, 6) is 0.300. The number of aliphatic imine (C=N–C) groups is 2. The maximum Gasteiger partial charge on any atom is 0.223 e. The summed E-state index contributed by atoms with van der Waals surface area (Å²) >= 11 is 0. The number of phenols is 2. The Hall–Kier alpha value is -2.24. The summed E-state index contributed by atoms with van der Waals surface area (Å²) in [7, 11) is 1.56. The molecule has 16 heavy (non-hydrogen) atoms. The molecule has 0 unspecified atom stereocenters. The van der Waals surface area contributed by atoms with Gasteiger partial charge in [-0.25, -0.2) is 4.99 Å². The van der Waals surface area contributed by atoms with E-state index in [9.17, 15) is 5.11 Å². The Morgan fingerprint density at radius 2 is 2.00 bits per heavy atom. The number of guanidine groups is 1. The van der Waals surface area contributed by atoms with Gasteiger partial charge in [0, 0.05) is 18.8 Å². The van der Waals surface area contributed by atoms with E-state index >= 15 is 0 Å². The molecule has 0 spiro atoms. The van der Waals surface area contributed by atoms with Gasteiger partial charge in [0.25, 0.3) is 0 Å². The molecule has 1 aromatic carbocycles. The van der Waals surface area contributed by atoms with Crippen molar-refractivity contribution in [3.8, 4) is 11.5 Å². The lowest BCUT2D eigenvalue weighted by molar-refractivity contribution is 0.404. The minimum Gasteiger partial charge on any atom is -0.504 e. The number of nitrogens with two attached hydrogens (primary N) is 1. The van der Waals surface area contributed by atoms with E-state index in [1.807, 2.05) is 0 Å². The van der Waals surface area contributed by atoms with Gasteiger partial charge in [-0.2, -0.15) is 0 Å². The summed E-state index contributed by atoms with van der Waals surface area (Å²) < 4.78 is 0. The summed E-state index contributed by atoms with van der Waals surface area (Å²) in [5, 5.41) is 21.2. The third-order valence-electron chi connectivity index (χ3n) is 1.73. The van der Waals surface area contributed by atoms with Gasteiger partial charge in [0.2, 0.25) is 5.96 Å². The van der Waals surface area contributed by atoms with Crippen molar-refractivity contribution in [2.45, 2.75) is 6.92 Å². The van der Waals surface area contributed by atoms with Crippen LogP contribution in [0.1, 0.15) is 6.92 Å². The number of rotatable bonds is 1. The van der Waals surface area contributed by atoms with E-state index in [1.165, 1.54) is 12.1 Å². The first-order valence-electron chi connectivity index (χ1n) is 4.59. The van der Waals surface area contributed by atoms with Crippen molar-refractivity contribution in [3.63, 3.8) is 0 Å². The number of benzene rings is 1. The summed E-state index contributed by atoms with van der Waals surface area (Å²) in [6, 6.07) is 4.31. The minimum atomic E-state index is -0.214. The molecule has 86 valence electrons. The standard InChI is InChI=1S/C10H14N4O2/c1-6(11)13-10(12-2)14-7-3-4-8(15)9(16)5-7/h3-5,15-16H,1-2H3,(H3,11,12,13,14). The topological polar surface area (TPSA) is 103 Å². The largest absolute Gasteiger partial charge is 0.504 e. The summed E-state index contributed by atoms with van der Waals surface area (Å²) in [4.78, 5) is 7.80. The zero-order chi connectivity index (χ0) is 12.1. The highest BCUT2D eigenvalue weighted by Crippen LogP contribution is 2.27. The van der Waals surface area contributed by atoms with Crippen LogP contribution in [0, 0.1) is 0 Å². The van der Waals surface area contributed by atoms with Crippen LogP contribution in [0.3, 0.4) is 0 Å². The lowest BCUT2D eigenvalue weighted by Crippen LogP contribution is -2.15. The first-order valence-corrected chi connectivity index (χ1v) is 4.59. The van der Waals surface area contributed by atoms with Crippen LogP contribution in [0.4, 0.5) is 5.69 Å². The highest BCUT2D eigenvalue weighted by atomic mass is 16.3. The Morgan fingerprint density at radius 1 is 1.31 bits per heavy atom. The van der Waals surface area contributed by atoms with E-state index in [0.717, 1.165) is 0 Å². The molecule has 0 aliphatic heterocycles. The first-order chi connectivity index (χ1) is 7.52. The molecule has 1 rings (SSSR count). The molecule has 0 bridgehead atoms. The van der Waals surface area contributed by atoms with Crippen molar-refractivity contribution < 1.29 is 10.2 Å². The number of aromatic hydroxyl groups is 2. The van der Waals surface area contributed by atoms with Crippen LogP contribution < -0.4 is 11.1 Å². The Balaban J connectivity index is 2.87. The van der Waals surface area contributed by atoms with Crippen LogP contribution in [0.5, 0.6) is 11.5 Å². The van der Waals surface area contributed by atoms with Crippen molar-refractivity contribution >= 4 is 17.5 Å². The fourth-order valence-electron chi connectivity index (χ4n) is 1.03. The SMILES string of the molecule is CN=C(N=C(C)N)Nc1ccc(O)c(O)c1. The Labute approximate surface area is 93.2 Å². The number of nitrogens with zero attached hydrogens (tertiary/aromatic N) is 2. The van der Waals surface area contributed by atoms with E-state index in [1.54, 1.807) is 20.0 Å². The number of nitrogens with one attached hydrogen (secondary N) is 1. The number of hydrogen-bond acceptors (Lipinski definition) is 3. The van der Waals surface area contributed by atoms with Gasteiger partial charge in [-0.05, 0) is 19.1 Å². The molecule has 0 atom stereocenters. The molecule has 0 saturated heterocycles. The average Bonchev–Trinajstić information content (AvgIpc) is 2.22. The predicted octanol–water partition coefficient (Wildman–Crippen LogP) is 0.873. The fraction of sp³-hybridized carbons (Fsp3) is 0.200. The van der Waals surface area contributed by atoms with Gasteiger partial charge in [0.1, 0.15) is 0 Å². The molecule has 0 amide bonds. The van der Waals surface area contributed by atoms with Crippen LogP contribution in [0.25, 0.3) is 0 Å².